The second-order valence-electron chi connectivity index (χ2n) is 6.67. The minimum absolute atomic E-state index is 0.143. The highest BCUT2D eigenvalue weighted by Crippen LogP contribution is 2.31. The number of ether oxygens (including phenoxy) is 1. The first kappa shape index (κ1) is 16.3. The van der Waals surface area contributed by atoms with Gasteiger partial charge in [0.25, 0.3) is 0 Å². The fourth-order valence-electron chi connectivity index (χ4n) is 2.75. The lowest BCUT2D eigenvalue weighted by Crippen LogP contribution is -2.51. The Morgan fingerprint density at radius 3 is 2.36 bits per heavy atom. The third-order valence-corrected chi connectivity index (χ3v) is 3.77. The zero-order valence-electron chi connectivity index (χ0n) is 13.3. The normalized spacial score (nSPS) is 22.2. The van der Waals surface area contributed by atoms with Crippen LogP contribution in [0.15, 0.2) is 30.3 Å². The largest absolute Gasteiger partial charge is 0.480 e. The van der Waals surface area contributed by atoms with E-state index < -0.39 is 23.7 Å². The summed E-state index contributed by atoms with van der Waals surface area (Å²) in [7, 11) is 0. The molecule has 2 rings (SSSR count). The fraction of sp³-hybridized carbons (Fsp3) is 0.529. The second-order valence-corrected chi connectivity index (χ2v) is 6.67. The van der Waals surface area contributed by atoms with Gasteiger partial charge in [0, 0.05) is 12.5 Å². The predicted octanol–water partition coefficient (Wildman–Crippen LogP) is 3.25. The van der Waals surface area contributed by atoms with Crippen LogP contribution < -0.4 is 0 Å². The smallest absolute Gasteiger partial charge is 0.411 e. The molecule has 0 aliphatic carbocycles. The lowest BCUT2D eigenvalue weighted by molar-refractivity contribution is -0.144. The minimum atomic E-state index is -0.975. The first-order valence-corrected chi connectivity index (χ1v) is 7.55. The molecule has 0 unspecified atom stereocenters. The van der Waals surface area contributed by atoms with Gasteiger partial charge in [-0.3, -0.25) is 4.90 Å². The molecule has 1 amide bonds. The van der Waals surface area contributed by atoms with Gasteiger partial charge in [-0.15, -0.1) is 0 Å². The average molecular weight is 305 g/mol. The zero-order valence-corrected chi connectivity index (χ0v) is 13.3. The SMILES string of the molecule is CC(C)(C)OC(=O)N1C[C@@H](c2ccccc2)CC[C@H]1C(=O)O. The number of hydrogen-bond donors (Lipinski definition) is 1. The number of carboxylic acid groups (broad SMARTS) is 1. The molecular formula is C17H23NO4. The lowest BCUT2D eigenvalue weighted by atomic mass is 9.87. The quantitative estimate of drug-likeness (QED) is 0.910. The van der Waals surface area contributed by atoms with Crippen LogP contribution in [0.4, 0.5) is 4.79 Å². The number of aliphatic carboxylic acids is 1. The van der Waals surface area contributed by atoms with E-state index in [4.69, 9.17) is 4.74 Å². The number of likely N-dealkylation sites (tertiary alicyclic amines) is 1. The predicted molar refractivity (Wildman–Crippen MR) is 82.8 cm³/mol. The van der Waals surface area contributed by atoms with Crippen molar-refractivity contribution in [2.75, 3.05) is 6.54 Å². The van der Waals surface area contributed by atoms with Crippen molar-refractivity contribution in [1.82, 2.24) is 4.90 Å². The van der Waals surface area contributed by atoms with Crippen molar-refractivity contribution in [3.63, 3.8) is 0 Å². The van der Waals surface area contributed by atoms with E-state index in [0.29, 0.717) is 13.0 Å². The Bertz CT molecular complexity index is 535. The van der Waals surface area contributed by atoms with Crippen LogP contribution in [0.2, 0.25) is 0 Å². The number of rotatable bonds is 2. The third-order valence-electron chi connectivity index (χ3n) is 3.77. The van der Waals surface area contributed by atoms with Gasteiger partial charge in [0.2, 0.25) is 0 Å². The van der Waals surface area contributed by atoms with Gasteiger partial charge in [-0.1, -0.05) is 30.3 Å². The van der Waals surface area contributed by atoms with Gasteiger partial charge in [0.05, 0.1) is 0 Å². The molecule has 1 aromatic carbocycles. The van der Waals surface area contributed by atoms with Crippen molar-refractivity contribution in [3.05, 3.63) is 35.9 Å². The van der Waals surface area contributed by atoms with E-state index in [0.717, 1.165) is 12.0 Å². The Hall–Kier alpha value is -2.04. The van der Waals surface area contributed by atoms with Crippen LogP contribution in [-0.2, 0) is 9.53 Å². The van der Waals surface area contributed by atoms with Crippen molar-refractivity contribution in [3.8, 4) is 0 Å². The van der Waals surface area contributed by atoms with Crippen LogP contribution in [0.25, 0.3) is 0 Å². The first-order valence-electron chi connectivity index (χ1n) is 7.55. The molecular weight excluding hydrogens is 282 g/mol. The van der Waals surface area contributed by atoms with Crippen molar-refractivity contribution in [2.45, 2.75) is 51.2 Å². The first-order chi connectivity index (χ1) is 10.3. The van der Waals surface area contributed by atoms with E-state index in [1.165, 1.54) is 4.90 Å². The van der Waals surface area contributed by atoms with Crippen LogP contribution in [-0.4, -0.2) is 40.3 Å². The molecule has 22 heavy (non-hydrogen) atoms. The highest BCUT2D eigenvalue weighted by molar-refractivity contribution is 5.80. The number of piperidine rings is 1. The van der Waals surface area contributed by atoms with Crippen molar-refractivity contribution < 1.29 is 19.4 Å². The molecule has 5 nitrogen and oxygen atoms in total. The van der Waals surface area contributed by atoms with Crippen molar-refractivity contribution in [1.29, 1.82) is 0 Å². The molecule has 0 aromatic heterocycles. The summed E-state index contributed by atoms with van der Waals surface area (Å²) in [6.45, 7) is 5.70. The van der Waals surface area contributed by atoms with E-state index in [1.54, 1.807) is 20.8 Å². The number of nitrogens with zero attached hydrogens (tertiary/aromatic N) is 1. The number of hydrogen-bond acceptors (Lipinski definition) is 3. The molecule has 1 saturated heterocycles. The molecule has 0 bridgehead atoms. The fourth-order valence-corrected chi connectivity index (χ4v) is 2.75. The molecule has 1 aromatic rings. The zero-order chi connectivity index (χ0) is 16.3. The summed E-state index contributed by atoms with van der Waals surface area (Å²) in [5.41, 5.74) is 0.486. The Labute approximate surface area is 130 Å². The summed E-state index contributed by atoms with van der Waals surface area (Å²) < 4.78 is 5.37. The second kappa shape index (κ2) is 6.38. The summed E-state index contributed by atoms with van der Waals surface area (Å²) in [5.74, 6) is -0.832. The Kier molecular flexibility index (Phi) is 4.74. The third kappa shape index (κ3) is 4.00. The number of carbonyl (C=O) groups is 2. The highest BCUT2D eigenvalue weighted by Gasteiger charge is 2.38. The maximum atomic E-state index is 12.3. The molecule has 1 aliphatic heterocycles. The monoisotopic (exact) mass is 305 g/mol. The topological polar surface area (TPSA) is 66.8 Å². The van der Waals surface area contributed by atoms with Gasteiger partial charge in [-0.05, 0) is 39.2 Å². The van der Waals surface area contributed by atoms with Gasteiger partial charge in [0.15, 0.2) is 0 Å². The van der Waals surface area contributed by atoms with Gasteiger partial charge in [-0.2, -0.15) is 0 Å². The van der Waals surface area contributed by atoms with Crippen molar-refractivity contribution >= 4 is 12.1 Å². The number of benzene rings is 1. The molecule has 2 atom stereocenters. The van der Waals surface area contributed by atoms with Crippen LogP contribution in [0.1, 0.15) is 45.1 Å². The summed E-state index contributed by atoms with van der Waals surface area (Å²) in [4.78, 5) is 25.1. The van der Waals surface area contributed by atoms with E-state index in [2.05, 4.69) is 0 Å². The van der Waals surface area contributed by atoms with Crippen LogP contribution in [0.5, 0.6) is 0 Å². The maximum Gasteiger partial charge on any atom is 0.411 e. The molecule has 0 saturated carbocycles. The van der Waals surface area contributed by atoms with E-state index in [9.17, 15) is 14.7 Å². The van der Waals surface area contributed by atoms with E-state index in [1.807, 2.05) is 30.3 Å². The molecule has 0 radical (unpaired) electrons. The molecule has 5 heteroatoms. The molecule has 0 spiro atoms. The minimum Gasteiger partial charge on any atom is -0.480 e. The Balaban J connectivity index is 2.17. The average Bonchev–Trinajstić information content (AvgIpc) is 2.45. The van der Waals surface area contributed by atoms with E-state index in [-0.39, 0.29) is 5.92 Å². The molecule has 1 aliphatic rings. The number of carboxylic acids is 1. The molecule has 1 heterocycles. The van der Waals surface area contributed by atoms with Gasteiger partial charge in [0.1, 0.15) is 11.6 Å². The van der Waals surface area contributed by atoms with E-state index >= 15 is 0 Å². The Morgan fingerprint density at radius 1 is 1.18 bits per heavy atom. The van der Waals surface area contributed by atoms with Crippen LogP contribution in [0.3, 0.4) is 0 Å². The van der Waals surface area contributed by atoms with Gasteiger partial charge in [-0.25, -0.2) is 9.59 Å². The summed E-state index contributed by atoms with van der Waals surface area (Å²) in [6.07, 6.45) is 0.634. The summed E-state index contributed by atoms with van der Waals surface area (Å²) >= 11 is 0. The maximum absolute atomic E-state index is 12.3. The standard InChI is InChI=1S/C17H23NO4/c1-17(2,3)22-16(21)18-11-13(9-10-14(18)15(19)20)12-7-5-4-6-8-12/h4-8,13-14H,9-11H2,1-3H3,(H,19,20)/t13-,14-/m0/s1. The Morgan fingerprint density at radius 2 is 1.82 bits per heavy atom. The van der Waals surface area contributed by atoms with Gasteiger partial charge < -0.3 is 9.84 Å². The number of amides is 1. The lowest BCUT2D eigenvalue weighted by Gasteiger charge is -2.38. The van der Waals surface area contributed by atoms with Gasteiger partial charge >= 0.3 is 12.1 Å². The molecule has 1 fully saturated rings. The molecule has 120 valence electrons. The highest BCUT2D eigenvalue weighted by atomic mass is 16.6. The molecule has 1 N–H and O–H groups in total. The van der Waals surface area contributed by atoms with Crippen LogP contribution in [0, 0.1) is 0 Å². The summed E-state index contributed by atoms with van der Waals surface area (Å²) in [5, 5.41) is 9.36. The van der Waals surface area contributed by atoms with Crippen LogP contribution >= 0.6 is 0 Å². The number of carbonyl (C=O) groups excluding carboxylic acids is 1. The van der Waals surface area contributed by atoms with Crippen molar-refractivity contribution in [2.24, 2.45) is 0 Å². The summed E-state index contributed by atoms with van der Waals surface area (Å²) in [6, 6.07) is 9.07.